The normalized spacial score (nSPS) is 15.7. The summed E-state index contributed by atoms with van der Waals surface area (Å²) in [6, 6.07) is 10.0. The lowest BCUT2D eigenvalue weighted by atomic mass is 9.83. The van der Waals surface area contributed by atoms with Gasteiger partial charge in [0.05, 0.1) is 22.5 Å². The van der Waals surface area contributed by atoms with E-state index in [-0.39, 0.29) is 17.0 Å². The number of para-hydroxylation sites is 1. The number of benzene rings is 2. The molecule has 1 aromatic heterocycles. The molecular weight excluding hydrogens is 459 g/mol. The van der Waals surface area contributed by atoms with E-state index < -0.39 is 18.3 Å². The molecule has 1 atom stereocenters. The molecule has 0 aliphatic carbocycles. The van der Waals surface area contributed by atoms with E-state index in [1.807, 2.05) is 38.7 Å². The zero-order valence-electron chi connectivity index (χ0n) is 22.1. The first-order valence-corrected chi connectivity index (χ1v) is 12.6. The molecule has 0 saturated carbocycles. The summed E-state index contributed by atoms with van der Waals surface area (Å²) < 4.78 is 15.2. The highest BCUT2D eigenvalue weighted by molar-refractivity contribution is 5.94. The molecule has 4 rings (SSSR count). The monoisotopic (exact) mass is 496 g/mol. The molecule has 0 radical (unpaired) electrons. The molecule has 0 spiro atoms. The van der Waals surface area contributed by atoms with E-state index in [0.717, 1.165) is 28.5 Å². The molecular formula is C28H37FN4O3. The molecule has 3 aromatic rings. The van der Waals surface area contributed by atoms with E-state index in [1.54, 1.807) is 30.3 Å². The smallest absolute Gasteiger partial charge is 0.337 e. The predicted molar refractivity (Wildman–Crippen MR) is 144 cm³/mol. The highest BCUT2D eigenvalue weighted by Crippen LogP contribution is 2.33. The quantitative estimate of drug-likeness (QED) is 0.425. The van der Waals surface area contributed by atoms with Gasteiger partial charge in [0.15, 0.2) is 6.80 Å². The fraction of sp³-hybridized carbons (Fsp3) is 0.464. The zero-order valence-corrected chi connectivity index (χ0v) is 22.1. The minimum Gasteiger partial charge on any atom is -0.478 e. The number of aromatic carboxylic acids is 1. The fourth-order valence-corrected chi connectivity index (χ4v) is 4.59. The molecule has 2 N–H and O–H groups in total. The Bertz CT molecular complexity index is 1290. The lowest BCUT2D eigenvalue weighted by molar-refractivity contribution is 0.0698. The van der Waals surface area contributed by atoms with E-state index in [2.05, 4.69) is 19.2 Å². The molecule has 0 amide bonds. The number of aromatic nitrogens is 2. The number of hydrogen-bond donors (Lipinski definition) is 2. The average molecular weight is 497 g/mol. The van der Waals surface area contributed by atoms with Crippen LogP contribution in [0.3, 0.4) is 0 Å². The molecule has 1 saturated heterocycles. The van der Waals surface area contributed by atoms with Gasteiger partial charge in [-0.3, -0.25) is 4.79 Å². The van der Waals surface area contributed by atoms with Crippen LogP contribution in [0.4, 0.5) is 16.0 Å². The van der Waals surface area contributed by atoms with Crippen molar-refractivity contribution >= 4 is 28.5 Å². The van der Waals surface area contributed by atoms with Crippen molar-refractivity contribution in [3.8, 4) is 0 Å². The predicted octanol–water partition coefficient (Wildman–Crippen LogP) is 6.16. The summed E-state index contributed by atoms with van der Waals surface area (Å²) in [6.45, 7) is 12.7. The van der Waals surface area contributed by atoms with Crippen LogP contribution in [-0.4, -0.2) is 33.7 Å². The van der Waals surface area contributed by atoms with Crippen LogP contribution < -0.4 is 15.8 Å². The fourth-order valence-electron chi connectivity index (χ4n) is 4.59. The average Bonchev–Trinajstić information content (AvgIpc) is 2.85. The van der Waals surface area contributed by atoms with Gasteiger partial charge in [-0.05, 0) is 55.9 Å². The minimum absolute atomic E-state index is 0.163. The third-order valence-corrected chi connectivity index (χ3v) is 6.73. The Hall–Kier alpha value is -3.42. The maximum atomic E-state index is 14.1. The van der Waals surface area contributed by atoms with E-state index in [1.165, 1.54) is 0 Å². The van der Waals surface area contributed by atoms with Crippen molar-refractivity contribution in [2.24, 2.45) is 5.41 Å². The zero-order chi connectivity index (χ0) is 26.6. The molecule has 0 bridgehead atoms. The summed E-state index contributed by atoms with van der Waals surface area (Å²) in [4.78, 5) is 31.8. The Morgan fingerprint density at radius 1 is 1.19 bits per heavy atom. The first-order valence-electron chi connectivity index (χ1n) is 12.6. The summed E-state index contributed by atoms with van der Waals surface area (Å²) in [7, 11) is 0. The summed E-state index contributed by atoms with van der Waals surface area (Å²) in [6.07, 6.45) is 1.86. The van der Waals surface area contributed by atoms with Gasteiger partial charge in [-0.25, -0.2) is 18.7 Å². The number of nitrogens with zero attached hydrogens (tertiary/aromatic N) is 3. The number of alkyl halides is 1. The van der Waals surface area contributed by atoms with Crippen LogP contribution in [0.25, 0.3) is 10.9 Å². The summed E-state index contributed by atoms with van der Waals surface area (Å²) >= 11 is 0. The van der Waals surface area contributed by atoms with Gasteiger partial charge in [0.2, 0.25) is 5.95 Å². The van der Waals surface area contributed by atoms with Gasteiger partial charge in [0, 0.05) is 24.3 Å². The highest BCUT2D eigenvalue weighted by atomic mass is 19.1. The second kappa shape index (κ2) is 11.1. The Kier molecular flexibility index (Phi) is 8.38. The second-order valence-electron chi connectivity index (χ2n) is 9.88. The van der Waals surface area contributed by atoms with Crippen LogP contribution >= 0.6 is 0 Å². The van der Waals surface area contributed by atoms with E-state index in [4.69, 9.17) is 4.98 Å². The van der Waals surface area contributed by atoms with Crippen LogP contribution in [-0.2, 0) is 6.80 Å². The van der Waals surface area contributed by atoms with Crippen LogP contribution in [0.2, 0.25) is 0 Å². The maximum absolute atomic E-state index is 14.1. The number of aryl methyl sites for hydroxylation is 1. The van der Waals surface area contributed by atoms with E-state index >= 15 is 0 Å². The number of rotatable bonds is 6. The number of anilines is 2. The van der Waals surface area contributed by atoms with E-state index in [0.29, 0.717) is 35.6 Å². The van der Waals surface area contributed by atoms with Gasteiger partial charge >= 0.3 is 5.97 Å². The number of carboxylic acid groups (broad SMARTS) is 1. The molecule has 1 aliphatic rings. The van der Waals surface area contributed by atoms with E-state index in [9.17, 15) is 19.1 Å². The third-order valence-electron chi connectivity index (χ3n) is 6.73. The van der Waals surface area contributed by atoms with Crippen LogP contribution in [0.5, 0.6) is 0 Å². The Morgan fingerprint density at radius 3 is 2.44 bits per heavy atom. The standard InChI is InChI=1S/C26H31FN4O3.C2H6/c1-16-13-19(17(2)28-21-8-6-5-7-18(21)24(33)34)22-20(14-16)23(32)31(15-27)25(29-22)30-11-9-26(3,4)10-12-30;1-2/h5-8,13-14,17,28H,9-12,15H2,1-4H3,(H,33,34);1-2H3. The van der Waals surface area contributed by atoms with Gasteiger partial charge in [-0.2, -0.15) is 0 Å². The van der Waals surface area contributed by atoms with Gasteiger partial charge in [-0.15, -0.1) is 0 Å². The minimum atomic E-state index is -1.02. The van der Waals surface area contributed by atoms with Crippen molar-refractivity contribution in [1.29, 1.82) is 0 Å². The Balaban J connectivity index is 0.00000176. The number of carbonyl (C=O) groups is 1. The van der Waals surface area contributed by atoms with Crippen molar-refractivity contribution in [1.82, 2.24) is 9.55 Å². The van der Waals surface area contributed by atoms with Crippen LogP contribution in [0.15, 0.2) is 41.2 Å². The lowest BCUT2D eigenvalue weighted by Crippen LogP contribution is -2.41. The third kappa shape index (κ3) is 5.53. The van der Waals surface area contributed by atoms with Crippen molar-refractivity contribution in [3.63, 3.8) is 0 Å². The molecule has 2 heterocycles. The number of hydrogen-bond acceptors (Lipinski definition) is 5. The molecule has 8 heteroatoms. The molecule has 1 aliphatic heterocycles. The van der Waals surface area contributed by atoms with Crippen molar-refractivity contribution in [2.45, 2.75) is 67.2 Å². The second-order valence-corrected chi connectivity index (χ2v) is 9.88. The van der Waals surface area contributed by atoms with Crippen molar-refractivity contribution in [3.05, 3.63) is 63.4 Å². The first-order chi connectivity index (χ1) is 17.1. The maximum Gasteiger partial charge on any atom is 0.337 e. The Labute approximate surface area is 212 Å². The highest BCUT2D eigenvalue weighted by Gasteiger charge is 2.29. The number of nitrogens with one attached hydrogen (secondary N) is 1. The molecule has 7 nitrogen and oxygen atoms in total. The summed E-state index contributed by atoms with van der Waals surface area (Å²) in [5.74, 6) is -0.678. The summed E-state index contributed by atoms with van der Waals surface area (Å²) in [5, 5.41) is 13.2. The van der Waals surface area contributed by atoms with Crippen molar-refractivity contribution in [2.75, 3.05) is 23.3 Å². The SMILES string of the molecule is CC.Cc1cc(C(C)Nc2ccccc2C(=O)O)c2nc(N3CCC(C)(C)CC3)n(CF)c(=O)c2c1. The van der Waals surface area contributed by atoms with Crippen LogP contribution in [0.1, 0.15) is 75.0 Å². The summed E-state index contributed by atoms with van der Waals surface area (Å²) in [5.41, 5.74) is 2.55. The number of piperidine rings is 1. The first kappa shape index (κ1) is 27.2. The van der Waals surface area contributed by atoms with Gasteiger partial charge in [-0.1, -0.05) is 45.9 Å². The lowest BCUT2D eigenvalue weighted by Gasteiger charge is -2.38. The van der Waals surface area contributed by atoms with Crippen molar-refractivity contribution < 1.29 is 14.3 Å². The van der Waals surface area contributed by atoms with Gasteiger partial charge in [0.25, 0.3) is 5.56 Å². The molecule has 1 unspecified atom stereocenters. The van der Waals surface area contributed by atoms with Gasteiger partial charge in [0.1, 0.15) is 0 Å². The molecule has 36 heavy (non-hydrogen) atoms. The molecule has 194 valence electrons. The van der Waals surface area contributed by atoms with Gasteiger partial charge < -0.3 is 15.3 Å². The Morgan fingerprint density at radius 2 is 1.83 bits per heavy atom. The number of fused-ring (bicyclic) bond motifs is 1. The van der Waals surface area contributed by atoms with Crippen LogP contribution in [0, 0.1) is 12.3 Å². The molecule has 2 aromatic carbocycles. The number of halogens is 1. The largest absolute Gasteiger partial charge is 0.478 e. The molecule has 1 fully saturated rings. The topological polar surface area (TPSA) is 87.5 Å². The number of carboxylic acids is 1.